The van der Waals surface area contributed by atoms with E-state index in [9.17, 15) is 14.4 Å². The maximum Gasteiger partial charge on any atom is 0.246 e. The Labute approximate surface area is 215 Å². The van der Waals surface area contributed by atoms with Crippen LogP contribution in [0.25, 0.3) is 0 Å². The minimum atomic E-state index is -1.19. The first-order valence-corrected chi connectivity index (χ1v) is 13.1. The number of nitrogens with one attached hydrogen (secondary N) is 2. The van der Waals surface area contributed by atoms with Gasteiger partial charge in [0.2, 0.25) is 17.7 Å². The van der Waals surface area contributed by atoms with Crippen LogP contribution in [0.2, 0.25) is 10.0 Å². The molecule has 1 saturated carbocycles. The molecule has 1 spiro atoms. The lowest BCUT2D eigenvalue weighted by molar-refractivity contribution is -0.146. The highest BCUT2D eigenvalue weighted by atomic mass is 35.5. The molecule has 2 saturated heterocycles. The predicted molar refractivity (Wildman–Crippen MR) is 134 cm³/mol. The van der Waals surface area contributed by atoms with Crippen molar-refractivity contribution in [3.8, 4) is 0 Å². The zero-order valence-corrected chi connectivity index (χ0v) is 21.7. The van der Waals surface area contributed by atoms with Gasteiger partial charge in [-0.25, -0.2) is 0 Å². The highest BCUT2D eigenvalue weighted by Crippen LogP contribution is 2.60. The average Bonchev–Trinajstić information content (AvgIpc) is 3.37. The lowest BCUT2D eigenvalue weighted by Crippen LogP contribution is -2.58. The van der Waals surface area contributed by atoms with E-state index in [4.69, 9.17) is 27.9 Å². The minimum Gasteiger partial charge on any atom is -0.356 e. The summed E-state index contributed by atoms with van der Waals surface area (Å²) in [6.45, 7) is 5.58. The smallest absolute Gasteiger partial charge is 0.246 e. The molecule has 1 aliphatic carbocycles. The molecular formula is C26H31Cl2N3O4. The van der Waals surface area contributed by atoms with Crippen molar-refractivity contribution in [3.63, 3.8) is 0 Å². The van der Waals surface area contributed by atoms with Gasteiger partial charge in [0, 0.05) is 17.8 Å². The van der Waals surface area contributed by atoms with Gasteiger partial charge in [0.15, 0.2) is 0 Å². The summed E-state index contributed by atoms with van der Waals surface area (Å²) in [6.07, 6.45) is 8.90. The number of benzene rings is 1. The molecule has 3 aliphatic heterocycles. The van der Waals surface area contributed by atoms with Crippen LogP contribution in [0.5, 0.6) is 0 Å². The Balaban J connectivity index is 1.47. The third kappa shape index (κ3) is 3.87. The number of hydrogen-bond donors (Lipinski definition) is 2. The SMILES string of the molecule is CC(C)N1C(=O)[C@@H]2[C@H](C(=O)Nc3ccc(Cl)c(Cl)c3)[C@]3(C)C=C[C@@]2(O3)[C@H]1C(=O)NC1CCCCC1. The Kier molecular flexibility index (Phi) is 6.17. The zero-order chi connectivity index (χ0) is 25.1. The zero-order valence-electron chi connectivity index (χ0n) is 20.1. The molecule has 1 aromatic carbocycles. The van der Waals surface area contributed by atoms with Crippen molar-refractivity contribution in [1.29, 1.82) is 0 Å². The molecule has 4 aliphatic rings. The van der Waals surface area contributed by atoms with E-state index in [1.54, 1.807) is 30.0 Å². The first-order chi connectivity index (χ1) is 16.6. The Morgan fingerprint density at radius 1 is 1.09 bits per heavy atom. The lowest BCUT2D eigenvalue weighted by atomic mass is 9.70. The van der Waals surface area contributed by atoms with Gasteiger partial charge < -0.3 is 20.3 Å². The van der Waals surface area contributed by atoms with Gasteiger partial charge in [0.05, 0.1) is 27.5 Å². The summed E-state index contributed by atoms with van der Waals surface area (Å²) in [6, 6.07) is 3.87. The summed E-state index contributed by atoms with van der Waals surface area (Å²) in [4.78, 5) is 42.7. The number of ether oxygens (including phenoxy) is 1. The van der Waals surface area contributed by atoms with E-state index in [0.29, 0.717) is 15.7 Å². The van der Waals surface area contributed by atoms with Crippen LogP contribution in [0.4, 0.5) is 5.69 Å². The molecule has 188 valence electrons. The quantitative estimate of drug-likeness (QED) is 0.566. The highest BCUT2D eigenvalue weighted by molar-refractivity contribution is 6.42. The standard InChI is InChI=1S/C26H31Cl2N3O4/c1-14(2)31-21(23(33)29-15-7-5-4-6-8-15)26-12-11-25(3,35-26)19(20(26)24(31)34)22(32)30-16-9-10-17(27)18(28)13-16/h9-15,19-21H,4-8H2,1-3H3,(H,29,33)(H,30,32)/t19-,20+,21-,25+,26+/m1/s1. The van der Waals surface area contributed by atoms with Crippen molar-refractivity contribution >= 4 is 46.6 Å². The van der Waals surface area contributed by atoms with Gasteiger partial charge in [-0.05, 0) is 51.8 Å². The number of carbonyl (C=O) groups is 3. The fraction of sp³-hybridized carbons (Fsp3) is 0.577. The Hall–Kier alpha value is -2.09. The number of carbonyl (C=O) groups excluding carboxylic acids is 3. The van der Waals surface area contributed by atoms with Gasteiger partial charge in [-0.3, -0.25) is 14.4 Å². The van der Waals surface area contributed by atoms with Crippen molar-refractivity contribution < 1.29 is 19.1 Å². The van der Waals surface area contributed by atoms with E-state index in [-0.39, 0.29) is 29.8 Å². The number of amides is 3. The van der Waals surface area contributed by atoms with Crippen LogP contribution in [0.15, 0.2) is 30.4 Å². The van der Waals surface area contributed by atoms with E-state index < -0.39 is 29.1 Å². The molecule has 3 fully saturated rings. The number of hydrogen-bond acceptors (Lipinski definition) is 4. The average molecular weight is 520 g/mol. The number of anilines is 1. The Bertz CT molecular complexity index is 1100. The third-order valence-corrected chi connectivity index (χ3v) is 8.70. The van der Waals surface area contributed by atoms with Crippen molar-refractivity contribution in [2.24, 2.45) is 11.8 Å². The van der Waals surface area contributed by atoms with Gasteiger partial charge in [0.25, 0.3) is 0 Å². The van der Waals surface area contributed by atoms with Crippen LogP contribution in [0.3, 0.4) is 0 Å². The monoisotopic (exact) mass is 519 g/mol. The first kappa shape index (κ1) is 24.6. The number of rotatable bonds is 5. The molecule has 35 heavy (non-hydrogen) atoms. The molecule has 0 aromatic heterocycles. The van der Waals surface area contributed by atoms with E-state index in [1.165, 1.54) is 6.42 Å². The largest absolute Gasteiger partial charge is 0.356 e. The molecule has 1 aromatic rings. The van der Waals surface area contributed by atoms with E-state index in [0.717, 1.165) is 25.7 Å². The van der Waals surface area contributed by atoms with E-state index in [2.05, 4.69) is 10.6 Å². The van der Waals surface area contributed by atoms with Gasteiger partial charge in [-0.1, -0.05) is 54.6 Å². The molecule has 2 bridgehead atoms. The van der Waals surface area contributed by atoms with Crippen molar-refractivity contribution in [2.45, 2.75) is 82.2 Å². The predicted octanol–water partition coefficient (Wildman–Crippen LogP) is 4.33. The maximum absolute atomic E-state index is 13.8. The number of halogens is 2. The van der Waals surface area contributed by atoms with Crippen LogP contribution in [0.1, 0.15) is 52.9 Å². The first-order valence-electron chi connectivity index (χ1n) is 12.4. The molecule has 3 heterocycles. The third-order valence-electron chi connectivity index (χ3n) is 7.96. The maximum atomic E-state index is 13.8. The topological polar surface area (TPSA) is 87.7 Å². The van der Waals surface area contributed by atoms with E-state index in [1.807, 2.05) is 26.0 Å². The van der Waals surface area contributed by atoms with Crippen molar-refractivity contribution in [2.75, 3.05) is 5.32 Å². The highest BCUT2D eigenvalue weighted by Gasteiger charge is 2.76. The Morgan fingerprint density at radius 3 is 2.46 bits per heavy atom. The van der Waals surface area contributed by atoms with Gasteiger partial charge >= 0.3 is 0 Å². The molecule has 3 amide bonds. The number of fused-ring (bicyclic) bond motifs is 1. The van der Waals surface area contributed by atoms with Crippen LogP contribution in [-0.4, -0.2) is 51.9 Å². The molecule has 0 unspecified atom stereocenters. The molecule has 5 atom stereocenters. The molecule has 0 radical (unpaired) electrons. The summed E-state index contributed by atoms with van der Waals surface area (Å²) < 4.78 is 6.52. The van der Waals surface area contributed by atoms with E-state index >= 15 is 0 Å². The molecule has 7 nitrogen and oxygen atoms in total. The summed E-state index contributed by atoms with van der Waals surface area (Å²) >= 11 is 12.1. The van der Waals surface area contributed by atoms with Crippen molar-refractivity contribution in [3.05, 3.63) is 40.4 Å². The molecular weight excluding hydrogens is 489 g/mol. The summed E-state index contributed by atoms with van der Waals surface area (Å²) in [5.74, 6) is -2.40. The van der Waals surface area contributed by atoms with Crippen LogP contribution in [0, 0.1) is 11.8 Å². The Morgan fingerprint density at radius 2 is 1.80 bits per heavy atom. The van der Waals surface area contributed by atoms with Crippen LogP contribution < -0.4 is 10.6 Å². The molecule has 9 heteroatoms. The fourth-order valence-electron chi connectivity index (χ4n) is 6.44. The summed E-state index contributed by atoms with van der Waals surface area (Å²) in [7, 11) is 0. The summed E-state index contributed by atoms with van der Waals surface area (Å²) in [5, 5.41) is 6.77. The van der Waals surface area contributed by atoms with Crippen LogP contribution in [-0.2, 0) is 19.1 Å². The fourth-order valence-corrected chi connectivity index (χ4v) is 6.74. The van der Waals surface area contributed by atoms with Gasteiger partial charge in [-0.15, -0.1) is 0 Å². The van der Waals surface area contributed by atoms with Gasteiger partial charge in [0.1, 0.15) is 11.6 Å². The van der Waals surface area contributed by atoms with Crippen LogP contribution >= 0.6 is 23.2 Å². The second-order valence-electron chi connectivity index (χ2n) is 10.6. The number of likely N-dealkylation sites (tertiary alicyclic amines) is 1. The lowest BCUT2D eigenvalue weighted by Gasteiger charge is -2.36. The van der Waals surface area contributed by atoms with Gasteiger partial charge in [-0.2, -0.15) is 0 Å². The molecule has 5 rings (SSSR count). The van der Waals surface area contributed by atoms with Crippen molar-refractivity contribution in [1.82, 2.24) is 10.2 Å². The second kappa shape index (κ2) is 8.79. The summed E-state index contributed by atoms with van der Waals surface area (Å²) in [5.41, 5.74) is -1.71. The molecule has 2 N–H and O–H groups in total. The second-order valence-corrected chi connectivity index (χ2v) is 11.4. The normalized spacial score (nSPS) is 33.9. The number of nitrogens with zero attached hydrogens (tertiary/aromatic N) is 1. The minimum absolute atomic E-state index is 0.0998.